The number of sulfonamides is 1. The zero-order valence-electron chi connectivity index (χ0n) is 15.2. The average Bonchev–Trinajstić information content (AvgIpc) is 3.00. The number of aromatic nitrogens is 2. The quantitative estimate of drug-likeness (QED) is 0.571. The van der Waals surface area contributed by atoms with E-state index in [1.807, 2.05) is 18.2 Å². The summed E-state index contributed by atoms with van der Waals surface area (Å²) in [5, 5.41) is 6.14. The Morgan fingerprint density at radius 1 is 1.19 bits per heavy atom. The number of nitrogens with two attached hydrogens (primary N) is 1. The molecule has 7 heteroatoms. The van der Waals surface area contributed by atoms with Gasteiger partial charge in [-0.05, 0) is 30.2 Å². The number of hydrogen-bond acceptors (Lipinski definition) is 4. The first kappa shape index (κ1) is 19.7. The minimum Gasteiger partial charge on any atom is -0.319 e. The molecule has 0 atom stereocenters. The van der Waals surface area contributed by atoms with Gasteiger partial charge in [-0.1, -0.05) is 67.6 Å². The number of benzene rings is 2. The molecular formula is C20H23N3O2S2. The van der Waals surface area contributed by atoms with Gasteiger partial charge >= 0.3 is 0 Å². The molecule has 0 fully saturated rings. The zero-order chi connectivity index (χ0) is 19.3. The highest BCUT2D eigenvalue weighted by Gasteiger charge is 2.14. The standard InChI is InChI=1S/C20H23N3O2S2/c1-2-3-13-23-19-12-11-17(27(21,24)25)15-18(19)22-20(23)26-14-7-10-16-8-5-4-6-9-16/h4-12,15H,2-3,13-14H2,1H3,(H2,21,24,25). The van der Waals surface area contributed by atoms with Crippen molar-refractivity contribution in [3.05, 3.63) is 60.2 Å². The third-order valence-electron chi connectivity index (χ3n) is 4.17. The van der Waals surface area contributed by atoms with Gasteiger partial charge in [0.25, 0.3) is 0 Å². The van der Waals surface area contributed by atoms with Gasteiger partial charge in [-0.25, -0.2) is 18.5 Å². The largest absolute Gasteiger partial charge is 0.319 e. The predicted octanol–water partition coefficient (Wildman–Crippen LogP) is 4.29. The van der Waals surface area contributed by atoms with Crippen molar-refractivity contribution >= 4 is 38.9 Å². The van der Waals surface area contributed by atoms with E-state index in [-0.39, 0.29) is 4.90 Å². The Bertz CT molecular complexity index is 1040. The fraction of sp³-hybridized carbons (Fsp3) is 0.250. The lowest BCUT2D eigenvalue weighted by molar-refractivity contribution is 0.598. The number of fused-ring (bicyclic) bond motifs is 1. The summed E-state index contributed by atoms with van der Waals surface area (Å²) in [6.45, 7) is 3.00. The lowest BCUT2D eigenvalue weighted by Gasteiger charge is -2.07. The first-order valence-electron chi connectivity index (χ1n) is 8.86. The second-order valence-electron chi connectivity index (χ2n) is 6.22. The van der Waals surface area contributed by atoms with E-state index < -0.39 is 10.0 Å². The Morgan fingerprint density at radius 2 is 1.96 bits per heavy atom. The van der Waals surface area contributed by atoms with Crippen molar-refractivity contribution in [1.29, 1.82) is 0 Å². The van der Waals surface area contributed by atoms with Gasteiger partial charge in [0.05, 0.1) is 15.9 Å². The summed E-state index contributed by atoms with van der Waals surface area (Å²) in [7, 11) is -3.73. The first-order chi connectivity index (χ1) is 13.0. The molecular weight excluding hydrogens is 378 g/mol. The molecule has 0 aliphatic rings. The summed E-state index contributed by atoms with van der Waals surface area (Å²) in [4.78, 5) is 4.75. The highest BCUT2D eigenvalue weighted by atomic mass is 32.2. The van der Waals surface area contributed by atoms with Crippen molar-refractivity contribution in [3.8, 4) is 0 Å². The van der Waals surface area contributed by atoms with Gasteiger partial charge in [-0.3, -0.25) is 0 Å². The van der Waals surface area contributed by atoms with Gasteiger partial charge < -0.3 is 4.57 Å². The van der Waals surface area contributed by atoms with Gasteiger partial charge in [-0.15, -0.1) is 0 Å². The van der Waals surface area contributed by atoms with E-state index in [0.717, 1.165) is 41.4 Å². The van der Waals surface area contributed by atoms with Crippen LogP contribution in [0.5, 0.6) is 0 Å². The maximum Gasteiger partial charge on any atom is 0.238 e. The second kappa shape index (κ2) is 8.73. The lowest BCUT2D eigenvalue weighted by Crippen LogP contribution is -2.11. The summed E-state index contributed by atoms with van der Waals surface area (Å²) in [5.41, 5.74) is 2.76. The molecule has 0 spiro atoms. The molecule has 3 rings (SSSR count). The summed E-state index contributed by atoms with van der Waals surface area (Å²) in [6, 6.07) is 15.0. The number of unbranched alkanes of at least 4 members (excludes halogenated alkanes) is 1. The minimum absolute atomic E-state index is 0.0932. The van der Waals surface area contributed by atoms with Crippen molar-refractivity contribution in [2.24, 2.45) is 5.14 Å². The fourth-order valence-electron chi connectivity index (χ4n) is 2.78. The van der Waals surface area contributed by atoms with Gasteiger partial charge in [-0.2, -0.15) is 0 Å². The Morgan fingerprint density at radius 3 is 2.67 bits per heavy atom. The Kier molecular flexibility index (Phi) is 6.36. The molecule has 0 aliphatic heterocycles. The molecule has 0 radical (unpaired) electrons. The summed E-state index contributed by atoms with van der Waals surface area (Å²) < 4.78 is 25.4. The number of thioether (sulfide) groups is 1. The Hall–Kier alpha value is -2.09. The molecule has 0 bridgehead atoms. The predicted molar refractivity (Wildman–Crippen MR) is 112 cm³/mol. The highest BCUT2D eigenvalue weighted by Crippen LogP contribution is 2.26. The van der Waals surface area contributed by atoms with Crippen molar-refractivity contribution in [3.63, 3.8) is 0 Å². The molecule has 1 aromatic heterocycles. The maximum atomic E-state index is 11.6. The number of primary sulfonamides is 1. The number of nitrogens with zero attached hydrogens (tertiary/aromatic N) is 2. The number of hydrogen-bond donors (Lipinski definition) is 1. The minimum atomic E-state index is -3.73. The van der Waals surface area contributed by atoms with Crippen LogP contribution in [-0.4, -0.2) is 23.7 Å². The van der Waals surface area contributed by atoms with Crippen molar-refractivity contribution in [1.82, 2.24) is 9.55 Å². The van der Waals surface area contributed by atoms with Gasteiger partial charge in [0.2, 0.25) is 10.0 Å². The fourth-order valence-corrected chi connectivity index (χ4v) is 4.16. The summed E-state index contributed by atoms with van der Waals surface area (Å²) in [6.07, 6.45) is 6.31. The molecule has 0 saturated heterocycles. The zero-order valence-corrected chi connectivity index (χ0v) is 16.8. The second-order valence-corrected chi connectivity index (χ2v) is 8.77. The van der Waals surface area contributed by atoms with Crippen LogP contribution in [0.25, 0.3) is 17.1 Å². The monoisotopic (exact) mass is 401 g/mol. The van der Waals surface area contributed by atoms with E-state index in [2.05, 4.69) is 40.8 Å². The molecule has 0 unspecified atom stereocenters. The lowest BCUT2D eigenvalue weighted by atomic mass is 10.2. The molecule has 2 aromatic carbocycles. The molecule has 0 amide bonds. The molecule has 27 heavy (non-hydrogen) atoms. The summed E-state index contributed by atoms with van der Waals surface area (Å²) >= 11 is 1.64. The number of aryl methyl sites for hydroxylation is 1. The third-order valence-corrected chi connectivity index (χ3v) is 6.01. The van der Waals surface area contributed by atoms with E-state index in [4.69, 9.17) is 5.14 Å². The van der Waals surface area contributed by atoms with Gasteiger partial charge in [0.15, 0.2) is 5.16 Å². The normalized spacial score (nSPS) is 12.2. The van der Waals surface area contributed by atoms with Crippen LogP contribution in [0.1, 0.15) is 25.3 Å². The molecule has 142 valence electrons. The average molecular weight is 402 g/mol. The first-order valence-corrected chi connectivity index (χ1v) is 11.4. The number of rotatable bonds is 8. The van der Waals surface area contributed by atoms with Crippen LogP contribution in [-0.2, 0) is 16.6 Å². The smallest absolute Gasteiger partial charge is 0.238 e. The Labute approximate surface area is 164 Å². The highest BCUT2D eigenvalue weighted by molar-refractivity contribution is 7.99. The molecule has 5 nitrogen and oxygen atoms in total. The number of imidazole rings is 1. The van der Waals surface area contributed by atoms with Crippen LogP contribution in [0.4, 0.5) is 0 Å². The van der Waals surface area contributed by atoms with E-state index in [0.29, 0.717) is 5.52 Å². The molecule has 3 aromatic rings. The van der Waals surface area contributed by atoms with Gasteiger partial charge in [0.1, 0.15) is 0 Å². The van der Waals surface area contributed by atoms with Gasteiger partial charge in [0, 0.05) is 12.3 Å². The van der Waals surface area contributed by atoms with E-state index in [1.165, 1.54) is 0 Å². The van der Waals surface area contributed by atoms with Crippen LogP contribution < -0.4 is 5.14 Å². The Balaban J connectivity index is 1.84. The van der Waals surface area contributed by atoms with Crippen molar-refractivity contribution in [2.75, 3.05) is 5.75 Å². The maximum absolute atomic E-state index is 11.6. The van der Waals surface area contributed by atoms with Crippen molar-refractivity contribution in [2.45, 2.75) is 36.4 Å². The SMILES string of the molecule is CCCCn1c(SCC=Cc2ccccc2)nc2cc(S(N)(=O)=O)ccc21. The molecule has 0 saturated carbocycles. The van der Waals surface area contributed by atoms with E-state index in [9.17, 15) is 8.42 Å². The third kappa shape index (κ3) is 5.00. The van der Waals surface area contributed by atoms with Crippen LogP contribution in [0.3, 0.4) is 0 Å². The van der Waals surface area contributed by atoms with Crippen LogP contribution in [0.2, 0.25) is 0 Å². The van der Waals surface area contributed by atoms with Crippen molar-refractivity contribution < 1.29 is 8.42 Å². The van der Waals surface area contributed by atoms with Crippen LogP contribution >= 0.6 is 11.8 Å². The molecule has 0 aliphatic carbocycles. The topological polar surface area (TPSA) is 78.0 Å². The summed E-state index contributed by atoms with van der Waals surface area (Å²) in [5.74, 6) is 0.784. The molecule has 1 heterocycles. The van der Waals surface area contributed by atoms with Crippen LogP contribution in [0, 0.1) is 0 Å². The van der Waals surface area contributed by atoms with Crippen LogP contribution in [0.15, 0.2) is 64.7 Å². The van der Waals surface area contributed by atoms with E-state index >= 15 is 0 Å². The molecule has 2 N–H and O–H groups in total. The van der Waals surface area contributed by atoms with E-state index in [1.54, 1.807) is 30.0 Å².